The zero-order chi connectivity index (χ0) is 21.7. The van der Waals surface area contributed by atoms with Crippen molar-refractivity contribution in [2.24, 2.45) is 0 Å². The summed E-state index contributed by atoms with van der Waals surface area (Å²) in [4.78, 5) is 28.9. The molecule has 1 aliphatic heterocycles. The minimum absolute atomic E-state index is 0.0800. The Labute approximate surface area is 180 Å². The third kappa shape index (κ3) is 4.84. The molecule has 160 valence electrons. The molecule has 0 saturated carbocycles. The van der Waals surface area contributed by atoms with Crippen LogP contribution in [0.3, 0.4) is 0 Å². The summed E-state index contributed by atoms with van der Waals surface area (Å²) in [6, 6.07) is 8.85. The normalized spacial score (nSPS) is 13.9. The van der Waals surface area contributed by atoms with Crippen molar-refractivity contribution >= 4 is 23.4 Å². The molecule has 0 spiro atoms. The van der Waals surface area contributed by atoms with Gasteiger partial charge in [0.05, 0.1) is 23.8 Å². The van der Waals surface area contributed by atoms with Crippen LogP contribution in [0.15, 0.2) is 36.4 Å². The van der Waals surface area contributed by atoms with Gasteiger partial charge in [0.1, 0.15) is 5.82 Å². The van der Waals surface area contributed by atoms with Gasteiger partial charge in [-0.2, -0.15) is 0 Å². The van der Waals surface area contributed by atoms with Crippen LogP contribution in [0.2, 0.25) is 5.02 Å². The van der Waals surface area contributed by atoms with Crippen molar-refractivity contribution in [2.45, 2.75) is 13.8 Å². The smallest absolute Gasteiger partial charge is 0.255 e. The van der Waals surface area contributed by atoms with Gasteiger partial charge in [0.2, 0.25) is 0 Å². The zero-order valence-corrected chi connectivity index (χ0v) is 17.7. The molecule has 0 N–H and O–H groups in total. The Morgan fingerprint density at radius 1 is 0.900 bits per heavy atom. The SMILES string of the molecule is CCOc1ccc(C(=O)N2CCN(C(=O)c3ccc(F)cc3Cl)CC2)cc1OCC. The second kappa shape index (κ2) is 9.80. The van der Waals surface area contributed by atoms with Crippen LogP contribution in [0.1, 0.15) is 34.6 Å². The van der Waals surface area contributed by atoms with Crippen LogP contribution in [0.4, 0.5) is 4.39 Å². The van der Waals surface area contributed by atoms with Gasteiger partial charge in [-0.3, -0.25) is 9.59 Å². The minimum Gasteiger partial charge on any atom is -0.490 e. The molecule has 1 aliphatic rings. The molecule has 30 heavy (non-hydrogen) atoms. The summed E-state index contributed by atoms with van der Waals surface area (Å²) in [6.45, 7) is 6.23. The Bertz CT molecular complexity index is 929. The molecular formula is C22H24ClFN2O4. The Balaban J connectivity index is 1.66. The number of carbonyl (C=O) groups excluding carboxylic acids is 2. The summed E-state index contributed by atoms with van der Waals surface area (Å²) in [6.07, 6.45) is 0. The Morgan fingerprint density at radius 3 is 2.10 bits per heavy atom. The Hall–Kier alpha value is -2.80. The van der Waals surface area contributed by atoms with Gasteiger partial charge < -0.3 is 19.3 Å². The largest absolute Gasteiger partial charge is 0.490 e. The van der Waals surface area contributed by atoms with Crippen LogP contribution in [-0.4, -0.2) is 61.0 Å². The maximum absolute atomic E-state index is 13.2. The number of hydrogen-bond donors (Lipinski definition) is 0. The van der Waals surface area contributed by atoms with Crippen molar-refractivity contribution in [2.75, 3.05) is 39.4 Å². The van der Waals surface area contributed by atoms with Gasteiger partial charge in [-0.1, -0.05) is 11.6 Å². The lowest BCUT2D eigenvalue weighted by Gasteiger charge is -2.35. The Kier molecular flexibility index (Phi) is 7.15. The number of ether oxygens (including phenoxy) is 2. The average Bonchev–Trinajstić information content (AvgIpc) is 2.74. The highest BCUT2D eigenvalue weighted by Gasteiger charge is 2.27. The lowest BCUT2D eigenvalue weighted by Crippen LogP contribution is -2.50. The van der Waals surface area contributed by atoms with Crippen LogP contribution >= 0.6 is 11.6 Å². The highest BCUT2D eigenvalue weighted by molar-refractivity contribution is 6.33. The van der Waals surface area contributed by atoms with E-state index in [4.69, 9.17) is 21.1 Å². The van der Waals surface area contributed by atoms with Gasteiger partial charge in [-0.15, -0.1) is 0 Å². The molecule has 0 unspecified atom stereocenters. The van der Waals surface area contributed by atoms with E-state index >= 15 is 0 Å². The van der Waals surface area contributed by atoms with Gasteiger partial charge in [-0.05, 0) is 50.2 Å². The lowest BCUT2D eigenvalue weighted by atomic mass is 10.1. The first-order valence-electron chi connectivity index (χ1n) is 9.87. The highest BCUT2D eigenvalue weighted by Crippen LogP contribution is 2.29. The van der Waals surface area contributed by atoms with Crippen molar-refractivity contribution < 1.29 is 23.5 Å². The van der Waals surface area contributed by atoms with Crippen LogP contribution in [0.25, 0.3) is 0 Å². The summed E-state index contributed by atoms with van der Waals surface area (Å²) in [5.74, 6) is 0.235. The van der Waals surface area contributed by atoms with E-state index in [1.807, 2.05) is 13.8 Å². The molecule has 0 atom stereocenters. The second-order valence-electron chi connectivity index (χ2n) is 6.74. The van der Waals surface area contributed by atoms with Crippen molar-refractivity contribution in [1.82, 2.24) is 9.80 Å². The van der Waals surface area contributed by atoms with Crippen LogP contribution in [0.5, 0.6) is 11.5 Å². The number of rotatable bonds is 6. The van der Waals surface area contributed by atoms with Crippen molar-refractivity contribution in [3.63, 3.8) is 0 Å². The molecule has 1 heterocycles. The molecule has 2 aromatic rings. The minimum atomic E-state index is -0.492. The quantitative estimate of drug-likeness (QED) is 0.692. The molecule has 0 aromatic heterocycles. The van der Waals surface area contributed by atoms with E-state index < -0.39 is 5.82 Å². The van der Waals surface area contributed by atoms with Crippen LogP contribution < -0.4 is 9.47 Å². The van der Waals surface area contributed by atoms with Gasteiger partial charge in [-0.25, -0.2) is 4.39 Å². The van der Waals surface area contributed by atoms with Gasteiger partial charge in [0.15, 0.2) is 11.5 Å². The first kappa shape index (κ1) is 21.9. The number of carbonyl (C=O) groups is 2. The summed E-state index contributed by atoms with van der Waals surface area (Å²) in [7, 11) is 0. The number of benzene rings is 2. The standard InChI is InChI=1S/C22H24ClFN2O4/c1-3-29-19-8-5-15(13-20(19)30-4-2)21(27)25-9-11-26(12-10-25)22(28)17-7-6-16(24)14-18(17)23/h5-8,13-14H,3-4,9-12H2,1-2H3. The molecule has 0 bridgehead atoms. The van der Waals surface area contributed by atoms with Gasteiger partial charge in [0, 0.05) is 31.7 Å². The summed E-state index contributed by atoms with van der Waals surface area (Å²) >= 11 is 6.00. The fraction of sp³-hybridized carbons (Fsp3) is 0.364. The van der Waals surface area contributed by atoms with Crippen molar-refractivity contribution in [1.29, 1.82) is 0 Å². The zero-order valence-electron chi connectivity index (χ0n) is 17.0. The molecule has 0 aliphatic carbocycles. The highest BCUT2D eigenvalue weighted by atomic mass is 35.5. The molecule has 2 aromatic carbocycles. The second-order valence-corrected chi connectivity index (χ2v) is 7.14. The van der Waals surface area contributed by atoms with Crippen LogP contribution in [0, 0.1) is 5.82 Å². The first-order chi connectivity index (χ1) is 14.4. The number of piperazine rings is 1. The summed E-state index contributed by atoms with van der Waals surface area (Å²) < 4.78 is 24.4. The van der Waals surface area contributed by atoms with E-state index in [9.17, 15) is 14.0 Å². The van der Waals surface area contributed by atoms with E-state index in [1.54, 1.807) is 28.0 Å². The van der Waals surface area contributed by atoms with E-state index in [0.717, 1.165) is 6.07 Å². The van der Waals surface area contributed by atoms with Crippen molar-refractivity contribution in [3.8, 4) is 11.5 Å². The third-order valence-electron chi connectivity index (χ3n) is 4.81. The summed E-state index contributed by atoms with van der Waals surface area (Å²) in [5, 5.41) is 0.0800. The molecule has 6 nitrogen and oxygen atoms in total. The van der Waals surface area contributed by atoms with Gasteiger partial charge in [0.25, 0.3) is 11.8 Å². The van der Waals surface area contributed by atoms with E-state index in [-0.39, 0.29) is 22.4 Å². The average molecular weight is 435 g/mol. The Morgan fingerprint density at radius 2 is 1.50 bits per heavy atom. The predicted octanol–water partition coefficient (Wildman–Crippen LogP) is 3.87. The topological polar surface area (TPSA) is 59.1 Å². The third-order valence-corrected chi connectivity index (χ3v) is 5.12. The van der Waals surface area contributed by atoms with E-state index in [0.29, 0.717) is 56.5 Å². The van der Waals surface area contributed by atoms with Crippen molar-refractivity contribution in [3.05, 3.63) is 58.4 Å². The molecular weight excluding hydrogens is 411 g/mol. The molecule has 0 radical (unpaired) electrons. The maximum atomic E-state index is 13.2. The number of hydrogen-bond acceptors (Lipinski definition) is 4. The molecule has 8 heteroatoms. The van der Waals surface area contributed by atoms with Crippen LogP contribution in [-0.2, 0) is 0 Å². The number of amides is 2. The fourth-order valence-electron chi connectivity index (χ4n) is 3.31. The monoisotopic (exact) mass is 434 g/mol. The van der Waals surface area contributed by atoms with E-state index in [2.05, 4.69) is 0 Å². The summed E-state index contributed by atoms with van der Waals surface area (Å²) in [5.41, 5.74) is 0.758. The maximum Gasteiger partial charge on any atom is 0.255 e. The first-order valence-corrected chi connectivity index (χ1v) is 10.3. The van der Waals surface area contributed by atoms with Gasteiger partial charge >= 0.3 is 0 Å². The molecule has 3 rings (SSSR count). The number of halogens is 2. The molecule has 2 amide bonds. The van der Waals surface area contributed by atoms with E-state index in [1.165, 1.54) is 12.1 Å². The fourth-order valence-corrected chi connectivity index (χ4v) is 3.56. The molecule has 1 fully saturated rings. The lowest BCUT2D eigenvalue weighted by molar-refractivity contribution is 0.0535. The predicted molar refractivity (Wildman–Crippen MR) is 112 cm³/mol. The number of nitrogens with zero attached hydrogens (tertiary/aromatic N) is 2. The molecule has 1 saturated heterocycles.